The third kappa shape index (κ3) is 72.4. The van der Waals surface area contributed by atoms with Crippen LogP contribution in [-0.4, -0.2) is 18.5 Å². The first-order chi connectivity index (χ1) is 22.7. The minimum atomic E-state index is -4.24. The molecule has 0 bridgehead atoms. The molecule has 0 rings (SSSR count). The third-order valence-corrected chi connectivity index (χ3v) is 10.9. The van der Waals surface area contributed by atoms with Gasteiger partial charge in [0, 0.05) is 0 Å². The van der Waals surface area contributed by atoms with Crippen LogP contribution in [0.4, 0.5) is 0 Å². The Kier molecular flexibility index (Phi) is 58.0. The molecule has 0 N–H and O–H groups in total. The molecule has 9 nitrogen and oxygen atoms in total. The van der Waals surface area contributed by atoms with Gasteiger partial charge in [-0.2, -0.15) is 0 Å². The van der Waals surface area contributed by atoms with E-state index in [0.717, 1.165) is 38.5 Å². The fourth-order valence-corrected chi connectivity index (χ4v) is 7.21. The number of rotatable bonds is 33. The summed E-state index contributed by atoms with van der Waals surface area (Å²) in [6, 6.07) is 0. The van der Waals surface area contributed by atoms with Crippen LogP contribution in [0.3, 0.4) is 0 Å². The first-order valence-electron chi connectivity index (χ1n) is 19.7. The smallest absolute Gasteiger partial charge is 0.811 e. The molecule has 0 amide bonds. The zero-order valence-electron chi connectivity index (χ0n) is 32.4. The monoisotopic (exact) mass is 1030 g/mol. The van der Waals surface area contributed by atoms with Gasteiger partial charge in [-0.25, -0.2) is 0 Å². The maximum Gasteiger partial charge on any atom is 3.00 e. The molecule has 0 heterocycles. The Balaban J connectivity index is -0.000000199. The molecule has 0 spiro atoms. The second-order valence-electron chi connectivity index (χ2n) is 13.5. The largest absolute Gasteiger partial charge is 3.00 e. The van der Waals surface area contributed by atoms with E-state index >= 15 is 0 Å². The summed E-state index contributed by atoms with van der Waals surface area (Å²) in [5.74, 6) is 0. The van der Waals surface area contributed by atoms with E-state index in [9.17, 15) is 43.1 Å². The molecule has 2 radical (unpaired) electrons. The van der Waals surface area contributed by atoms with Crippen LogP contribution >= 0.6 is 22.8 Å². The Bertz CT molecular complexity index is 678. The van der Waals surface area contributed by atoms with E-state index in [0.29, 0.717) is 19.3 Å². The quantitative estimate of drug-likeness (QED) is 0.0459. The maximum absolute atomic E-state index is 10.3. The van der Waals surface area contributed by atoms with Crippen molar-refractivity contribution in [3.8, 4) is 0 Å². The Morgan fingerprint density at radius 1 is 0.260 bits per heavy atom. The Labute approximate surface area is 375 Å². The van der Waals surface area contributed by atoms with Gasteiger partial charge >= 0.3 is 81.7 Å². The van der Waals surface area contributed by atoms with Crippen LogP contribution < -0.4 is 29.4 Å². The number of hydrogen-bond donors (Lipinski definition) is 0. The number of hydrogen-bond acceptors (Lipinski definition) is 9. The summed E-state index contributed by atoms with van der Waals surface area (Å²) in [5.41, 5.74) is 0. The third-order valence-electron chi connectivity index (χ3n) is 8.36. The van der Waals surface area contributed by atoms with Gasteiger partial charge in [0.15, 0.2) is 0 Å². The molecule has 0 saturated heterocycles. The van der Waals surface area contributed by atoms with E-state index in [1.54, 1.807) is 0 Å². The van der Waals surface area contributed by atoms with Crippen molar-refractivity contribution in [3.63, 3.8) is 0 Å². The standard InChI is InChI=1S/3C12H27O3P.2Nd/c3*1-2-3-4-5-6-7-8-9-10-11-12-16(13,14)15;;/h3*2-12H2,1H3,(H2,13,14,15);;/q;;;2*+3/p-6. The van der Waals surface area contributed by atoms with Crippen molar-refractivity contribution in [1.29, 1.82) is 0 Å². The average molecular weight is 1030 g/mol. The summed E-state index contributed by atoms with van der Waals surface area (Å²) in [5, 5.41) is 0. The molecule has 0 atom stereocenters. The van der Waals surface area contributed by atoms with Gasteiger partial charge in [-0.1, -0.05) is 217 Å². The van der Waals surface area contributed by atoms with Crippen LogP contribution in [-0.2, 0) is 13.7 Å². The molecule has 0 saturated carbocycles. The minimum absolute atomic E-state index is 0. The molecule has 0 aromatic carbocycles. The summed E-state index contributed by atoms with van der Waals surface area (Å²) in [6.45, 7) is 6.64. The second kappa shape index (κ2) is 46.5. The SMILES string of the molecule is CCCCCCCCCCCCP(=O)([O-])[O-].CCCCCCCCCCCCP(=O)([O-])[O-].CCCCCCCCCCCCP(=O)([O-])[O-].[Nd+3].[Nd+3]. The van der Waals surface area contributed by atoms with E-state index in [4.69, 9.17) is 0 Å². The Morgan fingerprint density at radius 3 is 0.500 bits per heavy atom. The van der Waals surface area contributed by atoms with Crippen molar-refractivity contribution in [3.05, 3.63) is 0 Å². The molecule has 296 valence electrons. The minimum Gasteiger partial charge on any atom is -0.811 e. The van der Waals surface area contributed by atoms with Crippen LogP contribution in [0.2, 0.25) is 0 Å². The van der Waals surface area contributed by atoms with Crippen molar-refractivity contribution in [2.75, 3.05) is 18.5 Å². The predicted octanol–water partition coefficient (Wildman–Crippen LogP) is 8.46. The summed E-state index contributed by atoms with van der Waals surface area (Å²) in [6.07, 6.45) is 33.9. The van der Waals surface area contributed by atoms with Crippen LogP contribution in [0.25, 0.3) is 0 Å². The van der Waals surface area contributed by atoms with E-state index in [1.165, 1.54) is 135 Å². The van der Waals surface area contributed by atoms with E-state index in [2.05, 4.69) is 20.8 Å². The molecule has 0 unspecified atom stereocenters. The van der Waals surface area contributed by atoms with E-state index < -0.39 is 22.8 Å². The van der Waals surface area contributed by atoms with Crippen LogP contribution in [0.15, 0.2) is 0 Å². The second-order valence-corrected chi connectivity index (χ2v) is 18.6. The molecule has 0 aliphatic rings. The van der Waals surface area contributed by atoms with Gasteiger partial charge in [-0.05, 0) is 37.7 Å². The van der Waals surface area contributed by atoms with Gasteiger partial charge < -0.3 is 43.1 Å². The van der Waals surface area contributed by atoms with Gasteiger partial charge in [-0.15, -0.1) is 0 Å². The topological polar surface area (TPSA) is 190 Å². The predicted molar refractivity (Wildman–Crippen MR) is 193 cm³/mol. The molecule has 0 aliphatic carbocycles. The fraction of sp³-hybridized carbons (Fsp3) is 1.00. The van der Waals surface area contributed by atoms with Gasteiger partial charge in [0.05, 0.1) is 0 Å². The summed E-state index contributed by atoms with van der Waals surface area (Å²) in [7, 11) is -12.7. The van der Waals surface area contributed by atoms with Crippen molar-refractivity contribution in [2.24, 2.45) is 0 Å². The molecule has 50 heavy (non-hydrogen) atoms. The average Bonchev–Trinajstić information content (AvgIpc) is 2.99. The molecule has 0 fully saturated rings. The van der Waals surface area contributed by atoms with Crippen molar-refractivity contribution >= 4 is 22.8 Å². The van der Waals surface area contributed by atoms with Crippen LogP contribution in [0, 0.1) is 81.7 Å². The molecule has 0 aliphatic heterocycles. The maximum atomic E-state index is 10.3. The zero-order chi connectivity index (χ0) is 36.8. The first kappa shape index (κ1) is 62.3. The summed E-state index contributed by atoms with van der Waals surface area (Å²) >= 11 is 0. The van der Waals surface area contributed by atoms with Crippen molar-refractivity contribution in [1.82, 2.24) is 0 Å². The fourth-order valence-electron chi connectivity index (χ4n) is 5.38. The normalized spacial score (nSPS) is 11.5. The van der Waals surface area contributed by atoms with E-state index in [-0.39, 0.29) is 100 Å². The molecule has 14 heteroatoms. The zero-order valence-corrected chi connectivity index (χ0v) is 41.4. The van der Waals surface area contributed by atoms with E-state index in [1.807, 2.05) is 0 Å². The van der Waals surface area contributed by atoms with Gasteiger partial charge in [0.25, 0.3) is 0 Å². The van der Waals surface area contributed by atoms with Gasteiger partial charge in [0.1, 0.15) is 0 Å². The van der Waals surface area contributed by atoms with Crippen molar-refractivity contribution < 1.29 is 125 Å². The van der Waals surface area contributed by atoms with Crippen LogP contribution in [0.5, 0.6) is 0 Å². The van der Waals surface area contributed by atoms with Crippen LogP contribution in [0.1, 0.15) is 213 Å². The molecular formula is C36H75Nd2O9P3. The first-order valence-corrected chi connectivity index (χ1v) is 24.9. The van der Waals surface area contributed by atoms with Gasteiger partial charge in [-0.3, -0.25) is 0 Å². The Morgan fingerprint density at radius 2 is 0.380 bits per heavy atom. The molecule has 0 aromatic heterocycles. The number of unbranched alkanes of at least 4 members (excludes halogenated alkanes) is 27. The summed E-state index contributed by atoms with van der Waals surface area (Å²) in [4.78, 5) is 62.0. The molecule has 0 aromatic rings. The van der Waals surface area contributed by atoms with Crippen molar-refractivity contribution in [2.45, 2.75) is 213 Å². The van der Waals surface area contributed by atoms with Gasteiger partial charge in [0.2, 0.25) is 0 Å². The Hall–Kier alpha value is 3.15. The molecular weight excluding hydrogens is 958 g/mol. The summed E-state index contributed by atoms with van der Waals surface area (Å²) < 4.78 is 31.0.